The fourth-order valence-electron chi connectivity index (χ4n) is 3.28. The molecule has 0 radical (unpaired) electrons. The number of aryl methyl sites for hydroxylation is 2. The van der Waals surface area contributed by atoms with Crippen molar-refractivity contribution in [3.8, 4) is 5.82 Å². The van der Waals surface area contributed by atoms with Crippen LogP contribution in [0.2, 0.25) is 0 Å². The zero-order valence-electron chi connectivity index (χ0n) is 16.8. The summed E-state index contributed by atoms with van der Waals surface area (Å²) in [6, 6.07) is 5.16. The van der Waals surface area contributed by atoms with Gasteiger partial charge in [0, 0.05) is 36.9 Å². The minimum absolute atomic E-state index is 0.0590. The van der Waals surface area contributed by atoms with Gasteiger partial charge in [0.05, 0.1) is 11.4 Å². The van der Waals surface area contributed by atoms with E-state index in [4.69, 9.17) is 0 Å². The molecule has 2 N–H and O–H groups in total. The number of carbonyl (C=O) groups is 1. The number of fused-ring (bicyclic) bond motifs is 1. The van der Waals surface area contributed by atoms with E-state index in [0.717, 1.165) is 34.5 Å². The lowest BCUT2D eigenvalue weighted by atomic mass is 10.1. The maximum Gasteiger partial charge on any atom is 0.328 e. The SMILES string of the molecule is CCCCS(=O)(=O)NC(=O)NCCc1c(C)nn(C)c1-n1ccc2cccnc21. The molecule has 0 saturated carbocycles. The van der Waals surface area contributed by atoms with E-state index in [1.807, 2.05) is 54.6 Å². The molecule has 10 heteroatoms. The first kappa shape index (κ1) is 20.8. The Bertz CT molecular complexity index is 1120. The Morgan fingerprint density at radius 1 is 1.28 bits per heavy atom. The number of amides is 2. The van der Waals surface area contributed by atoms with Crippen molar-refractivity contribution in [3.63, 3.8) is 0 Å². The topological polar surface area (TPSA) is 111 Å². The Labute approximate surface area is 170 Å². The number of hydrogen-bond acceptors (Lipinski definition) is 5. The van der Waals surface area contributed by atoms with Crippen LogP contribution in [0.15, 0.2) is 30.6 Å². The van der Waals surface area contributed by atoms with Gasteiger partial charge < -0.3 is 5.32 Å². The number of carbonyl (C=O) groups excluding carboxylic acids is 1. The number of aromatic nitrogens is 4. The van der Waals surface area contributed by atoms with Crippen molar-refractivity contribution in [2.75, 3.05) is 12.3 Å². The van der Waals surface area contributed by atoms with E-state index >= 15 is 0 Å². The van der Waals surface area contributed by atoms with Crippen LogP contribution < -0.4 is 10.0 Å². The van der Waals surface area contributed by atoms with Gasteiger partial charge in [-0.1, -0.05) is 13.3 Å². The highest BCUT2D eigenvalue weighted by molar-refractivity contribution is 7.90. The molecule has 0 aliphatic rings. The lowest BCUT2D eigenvalue weighted by Crippen LogP contribution is -2.41. The molecule has 0 aliphatic heterocycles. The number of sulfonamides is 1. The highest BCUT2D eigenvalue weighted by Crippen LogP contribution is 2.23. The van der Waals surface area contributed by atoms with Gasteiger partial charge in [0.25, 0.3) is 0 Å². The summed E-state index contributed by atoms with van der Waals surface area (Å²) in [7, 11) is -1.74. The van der Waals surface area contributed by atoms with Crippen LogP contribution in [-0.2, 0) is 23.5 Å². The summed E-state index contributed by atoms with van der Waals surface area (Å²) in [5.41, 5.74) is 2.63. The summed E-state index contributed by atoms with van der Waals surface area (Å²) in [6.45, 7) is 4.08. The van der Waals surface area contributed by atoms with E-state index in [1.54, 1.807) is 10.9 Å². The van der Waals surface area contributed by atoms with E-state index in [9.17, 15) is 13.2 Å². The second-order valence-electron chi connectivity index (χ2n) is 6.89. The van der Waals surface area contributed by atoms with Crippen LogP contribution in [0.3, 0.4) is 0 Å². The molecule has 3 rings (SSSR count). The van der Waals surface area contributed by atoms with Crippen LogP contribution in [0.25, 0.3) is 16.9 Å². The summed E-state index contributed by atoms with van der Waals surface area (Å²) in [5, 5.41) is 8.15. The van der Waals surface area contributed by atoms with Gasteiger partial charge in [0.1, 0.15) is 11.5 Å². The van der Waals surface area contributed by atoms with E-state index in [2.05, 4.69) is 15.4 Å². The summed E-state index contributed by atoms with van der Waals surface area (Å²) >= 11 is 0. The molecule has 0 spiro atoms. The van der Waals surface area contributed by atoms with Gasteiger partial charge in [-0.15, -0.1) is 0 Å². The Balaban J connectivity index is 1.72. The standard InChI is InChI=1S/C19H26N6O3S/c1-4-5-13-29(27,28)23-19(26)21-11-8-16-14(2)22-24(3)18(16)25-12-9-15-7-6-10-20-17(15)25/h6-7,9-10,12H,4-5,8,11,13H2,1-3H3,(H2,21,23,26). The predicted octanol–water partition coefficient (Wildman–Crippen LogP) is 2.04. The predicted molar refractivity (Wildman–Crippen MR) is 112 cm³/mol. The third-order valence-corrected chi connectivity index (χ3v) is 5.99. The minimum atomic E-state index is -3.60. The number of unbranched alkanes of at least 4 members (excludes halogenated alkanes) is 1. The van der Waals surface area contributed by atoms with E-state index < -0.39 is 16.1 Å². The molecular formula is C19H26N6O3S. The van der Waals surface area contributed by atoms with Gasteiger partial charge in [-0.3, -0.25) is 9.25 Å². The number of rotatable bonds is 8. The van der Waals surface area contributed by atoms with Crippen molar-refractivity contribution < 1.29 is 13.2 Å². The lowest BCUT2D eigenvalue weighted by molar-refractivity contribution is 0.246. The highest BCUT2D eigenvalue weighted by atomic mass is 32.2. The van der Waals surface area contributed by atoms with Crippen LogP contribution in [0.1, 0.15) is 31.0 Å². The third kappa shape index (κ3) is 4.76. The average molecular weight is 419 g/mol. The summed E-state index contributed by atoms with van der Waals surface area (Å²) in [4.78, 5) is 16.4. The van der Waals surface area contributed by atoms with Crippen molar-refractivity contribution >= 4 is 27.1 Å². The Morgan fingerprint density at radius 3 is 2.83 bits per heavy atom. The van der Waals surface area contributed by atoms with Crippen LogP contribution >= 0.6 is 0 Å². The number of nitrogens with zero attached hydrogens (tertiary/aromatic N) is 4. The first-order valence-corrected chi connectivity index (χ1v) is 11.2. The van der Waals surface area contributed by atoms with Gasteiger partial charge >= 0.3 is 6.03 Å². The van der Waals surface area contributed by atoms with E-state index in [0.29, 0.717) is 12.8 Å². The Kier molecular flexibility index (Phi) is 6.21. The van der Waals surface area contributed by atoms with Crippen LogP contribution in [0, 0.1) is 6.92 Å². The van der Waals surface area contributed by atoms with Crippen molar-refractivity contribution in [1.82, 2.24) is 29.4 Å². The molecule has 0 atom stereocenters. The lowest BCUT2D eigenvalue weighted by Gasteiger charge is -2.11. The number of nitrogens with one attached hydrogen (secondary N) is 2. The molecule has 3 heterocycles. The van der Waals surface area contributed by atoms with E-state index in [-0.39, 0.29) is 12.3 Å². The second kappa shape index (κ2) is 8.64. The Morgan fingerprint density at radius 2 is 2.07 bits per heavy atom. The number of pyridine rings is 1. The molecule has 2 amide bonds. The molecule has 9 nitrogen and oxygen atoms in total. The minimum Gasteiger partial charge on any atom is -0.337 e. The van der Waals surface area contributed by atoms with Crippen molar-refractivity contribution in [3.05, 3.63) is 41.9 Å². The molecule has 3 aromatic rings. The largest absolute Gasteiger partial charge is 0.337 e. The van der Waals surface area contributed by atoms with Crippen LogP contribution in [-0.4, -0.2) is 46.1 Å². The number of urea groups is 1. The quantitative estimate of drug-likeness (QED) is 0.582. The first-order valence-electron chi connectivity index (χ1n) is 9.55. The third-order valence-electron chi connectivity index (χ3n) is 4.66. The zero-order chi connectivity index (χ0) is 21.0. The van der Waals surface area contributed by atoms with Gasteiger partial charge in [0.15, 0.2) is 0 Å². The summed E-state index contributed by atoms with van der Waals surface area (Å²) in [6.07, 6.45) is 5.45. The zero-order valence-corrected chi connectivity index (χ0v) is 17.7. The van der Waals surface area contributed by atoms with E-state index in [1.165, 1.54) is 0 Å². The van der Waals surface area contributed by atoms with Gasteiger partial charge in [-0.25, -0.2) is 22.9 Å². The maximum atomic E-state index is 12.0. The van der Waals surface area contributed by atoms with Crippen molar-refractivity contribution in [2.24, 2.45) is 7.05 Å². The fourth-order valence-corrected chi connectivity index (χ4v) is 4.41. The Hall–Kier alpha value is -2.88. The smallest absolute Gasteiger partial charge is 0.328 e. The molecule has 29 heavy (non-hydrogen) atoms. The fraction of sp³-hybridized carbons (Fsp3) is 0.421. The number of hydrogen-bond donors (Lipinski definition) is 2. The molecule has 0 aliphatic carbocycles. The van der Waals surface area contributed by atoms with Gasteiger partial charge in [-0.05, 0) is 38.0 Å². The molecule has 0 unspecified atom stereocenters. The highest BCUT2D eigenvalue weighted by Gasteiger charge is 2.18. The normalized spacial score (nSPS) is 11.7. The summed E-state index contributed by atoms with van der Waals surface area (Å²) in [5.74, 6) is 0.810. The molecule has 0 bridgehead atoms. The average Bonchev–Trinajstić information content (AvgIpc) is 3.20. The van der Waals surface area contributed by atoms with Crippen LogP contribution in [0.5, 0.6) is 0 Å². The van der Waals surface area contributed by atoms with Crippen molar-refractivity contribution in [1.29, 1.82) is 0 Å². The molecule has 0 aromatic carbocycles. The monoisotopic (exact) mass is 418 g/mol. The second-order valence-corrected chi connectivity index (χ2v) is 8.74. The molecule has 0 fully saturated rings. The molecule has 3 aromatic heterocycles. The summed E-state index contributed by atoms with van der Waals surface area (Å²) < 4.78 is 29.5. The van der Waals surface area contributed by atoms with Crippen molar-refractivity contribution in [2.45, 2.75) is 33.1 Å². The van der Waals surface area contributed by atoms with Crippen LogP contribution in [0.4, 0.5) is 4.79 Å². The molecular weight excluding hydrogens is 392 g/mol. The molecule has 0 saturated heterocycles. The first-order chi connectivity index (χ1) is 13.8. The molecule has 156 valence electrons. The van der Waals surface area contributed by atoms with Gasteiger partial charge in [-0.2, -0.15) is 5.10 Å². The van der Waals surface area contributed by atoms with Gasteiger partial charge in [0.2, 0.25) is 10.0 Å². The maximum absolute atomic E-state index is 12.0.